The highest BCUT2D eigenvalue weighted by Gasteiger charge is 2.25. The molecule has 2 unspecified atom stereocenters. The number of ether oxygens (including phenoxy) is 1. The number of aliphatic hydroxyl groups excluding tert-OH is 1. The fraction of sp³-hybridized carbons (Fsp3) is 1.00. The summed E-state index contributed by atoms with van der Waals surface area (Å²) in [5.74, 6) is 1.09. The molecule has 2 aliphatic heterocycles. The molecule has 2 rings (SSSR count). The minimum absolute atomic E-state index is 0.303. The van der Waals surface area contributed by atoms with Crippen molar-refractivity contribution in [2.75, 3.05) is 39.8 Å². The number of rotatable bonds is 5. The smallest absolute Gasteiger partial charge is 0.158 e. The van der Waals surface area contributed by atoms with Crippen molar-refractivity contribution in [3.05, 3.63) is 0 Å². The van der Waals surface area contributed by atoms with Gasteiger partial charge in [0.05, 0.1) is 6.61 Å². The van der Waals surface area contributed by atoms with Crippen molar-refractivity contribution in [3.8, 4) is 0 Å². The zero-order valence-corrected chi connectivity index (χ0v) is 11.6. The van der Waals surface area contributed by atoms with Crippen LogP contribution in [0.25, 0.3) is 0 Å². The van der Waals surface area contributed by atoms with Gasteiger partial charge in [0.2, 0.25) is 0 Å². The number of hydrogen-bond donors (Lipinski definition) is 2. The maximum absolute atomic E-state index is 10.1. The van der Waals surface area contributed by atoms with E-state index in [1.54, 1.807) is 0 Å². The molecule has 0 amide bonds. The number of hydrogen-bond acceptors (Lipinski definition) is 4. The molecule has 4 nitrogen and oxygen atoms in total. The Hall–Kier alpha value is -0.160. The Morgan fingerprint density at radius 2 is 2.11 bits per heavy atom. The number of nitrogens with zero attached hydrogens (tertiary/aromatic N) is 1. The summed E-state index contributed by atoms with van der Waals surface area (Å²) in [4.78, 5) is 2.29. The van der Waals surface area contributed by atoms with Crippen molar-refractivity contribution in [2.45, 2.75) is 38.4 Å². The largest absolute Gasteiger partial charge is 0.368 e. The Bertz CT molecular complexity index is 232. The molecule has 2 saturated heterocycles. The molecule has 0 bridgehead atoms. The lowest BCUT2D eigenvalue weighted by Crippen LogP contribution is -2.39. The molecule has 0 aliphatic carbocycles. The Kier molecular flexibility index (Phi) is 5.89. The highest BCUT2D eigenvalue weighted by atomic mass is 16.6. The first-order valence-corrected chi connectivity index (χ1v) is 7.44. The SMILES string of the molecule is CN1CCCC(C(O)OCCC2CCNCC2)C1. The summed E-state index contributed by atoms with van der Waals surface area (Å²) >= 11 is 0. The Labute approximate surface area is 111 Å². The van der Waals surface area contributed by atoms with Crippen molar-refractivity contribution in [2.24, 2.45) is 11.8 Å². The maximum atomic E-state index is 10.1. The van der Waals surface area contributed by atoms with E-state index < -0.39 is 6.29 Å². The summed E-state index contributed by atoms with van der Waals surface area (Å²) in [5.41, 5.74) is 0. The number of aliphatic hydroxyl groups is 1. The van der Waals surface area contributed by atoms with Gasteiger partial charge in [-0.05, 0) is 64.7 Å². The topological polar surface area (TPSA) is 44.7 Å². The molecule has 4 heteroatoms. The van der Waals surface area contributed by atoms with Crippen molar-refractivity contribution in [3.63, 3.8) is 0 Å². The van der Waals surface area contributed by atoms with Crippen LogP contribution >= 0.6 is 0 Å². The third kappa shape index (κ3) is 4.50. The van der Waals surface area contributed by atoms with Crippen LogP contribution in [0.3, 0.4) is 0 Å². The molecule has 0 aromatic heterocycles. The number of nitrogens with one attached hydrogen (secondary N) is 1. The van der Waals surface area contributed by atoms with Crippen molar-refractivity contribution in [1.29, 1.82) is 0 Å². The normalized spacial score (nSPS) is 29.3. The molecular formula is C14H28N2O2. The fourth-order valence-corrected chi connectivity index (χ4v) is 3.10. The molecule has 0 radical (unpaired) electrons. The molecule has 106 valence electrons. The van der Waals surface area contributed by atoms with Crippen LogP contribution in [0.4, 0.5) is 0 Å². The van der Waals surface area contributed by atoms with Gasteiger partial charge in [-0.2, -0.15) is 0 Å². The van der Waals surface area contributed by atoms with Crippen LogP contribution in [0.2, 0.25) is 0 Å². The van der Waals surface area contributed by atoms with E-state index in [2.05, 4.69) is 17.3 Å². The minimum Gasteiger partial charge on any atom is -0.368 e. The molecule has 2 fully saturated rings. The van der Waals surface area contributed by atoms with E-state index in [1.807, 2.05) is 0 Å². The lowest BCUT2D eigenvalue weighted by atomic mass is 9.95. The second-order valence-corrected chi connectivity index (χ2v) is 5.91. The second kappa shape index (κ2) is 7.43. The third-order valence-electron chi connectivity index (χ3n) is 4.34. The Morgan fingerprint density at radius 3 is 2.83 bits per heavy atom. The lowest BCUT2D eigenvalue weighted by molar-refractivity contribution is -0.147. The van der Waals surface area contributed by atoms with Gasteiger partial charge >= 0.3 is 0 Å². The second-order valence-electron chi connectivity index (χ2n) is 5.91. The summed E-state index contributed by atoms with van der Waals surface area (Å²) in [6.07, 6.45) is 5.32. The summed E-state index contributed by atoms with van der Waals surface area (Å²) in [7, 11) is 2.12. The summed E-state index contributed by atoms with van der Waals surface area (Å²) in [5, 5.41) is 13.4. The fourth-order valence-electron chi connectivity index (χ4n) is 3.10. The highest BCUT2D eigenvalue weighted by molar-refractivity contribution is 4.73. The van der Waals surface area contributed by atoms with E-state index in [9.17, 15) is 5.11 Å². The standard InChI is InChI=1S/C14H28N2O2/c1-16-9-2-3-13(11-16)14(17)18-10-6-12-4-7-15-8-5-12/h12-15,17H,2-11H2,1H3. The molecule has 18 heavy (non-hydrogen) atoms. The van der Waals surface area contributed by atoms with Gasteiger partial charge in [-0.1, -0.05) is 0 Å². The van der Waals surface area contributed by atoms with Crippen LogP contribution in [0, 0.1) is 11.8 Å². The molecule has 0 spiro atoms. The van der Waals surface area contributed by atoms with Gasteiger partial charge in [0.1, 0.15) is 0 Å². The molecular weight excluding hydrogens is 228 g/mol. The van der Waals surface area contributed by atoms with E-state index in [4.69, 9.17) is 4.74 Å². The van der Waals surface area contributed by atoms with Crippen LogP contribution in [0.1, 0.15) is 32.1 Å². The first-order valence-electron chi connectivity index (χ1n) is 7.44. The van der Waals surface area contributed by atoms with Gasteiger partial charge in [-0.3, -0.25) is 0 Å². The Balaban J connectivity index is 1.60. The molecule has 0 saturated carbocycles. The Morgan fingerprint density at radius 1 is 1.33 bits per heavy atom. The van der Waals surface area contributed by atoms with E-state index in [0.29, 0.717) is 12.5 Å². The van der Waals surface area contributed by atoms with Gasteiger partial charge in [0.15, 0.2) is 6.29 Å². The van der Waals surface area contributed by atoms with Crippen LogP contribution in [-0.2, 0) is 4.74 Å². The first kappa shape index (κ1) is 14.3. The quantitative estimate of drug-likeness (QED) is 0.722. The van der Waals surface area contributed by atoms with Crippen LogP contribution in [-0.4, -0.2) is 56.1 Å². The molecule has 2 aliphatic rings. The number of piperidine rings is 2. The van der Waals surface area contributed by atoms with Crippen molar-refractivity contribution >= 4 is 0 Å². The average Bonchev–Trinajstić information content (AvgIpc) is 2.40. The summed E-state index contributed by atoms with van der Waals surface area (Å²) < 4.78 is 5.64. The molecule has 0 aromatic carbocycles. The van der Waals surface area contributed by atoms with Crippen LogP contribution < -0.4 is 5.32 Å². The summed E-state index contributed by atoms with van der Waals surface area (Å²) in [6, 6.07) is 0. The monoisotopic (exact) mass is 256 g/mol. The van der Waals surface area contributed by atoms with E-state index in [0.717, 1.165) is 44.9 Å². The van der Waals surface area contributed by atoms with Gasteiger partial charge in [0, 0.05) is 12.5 Å². The van der Waals surface area contributed by atoms with E-state index in [1.165, 1.54) is 19.3 Å². The maximum Gasteiger partial charge on any atom is 0.158 e. The van der Waals surface area contributed by atoms with Gasteiger partial charge in [-0.15, -0.1) is 0 Å². The lowest BCUT2D eigenvalue weighted by Gasteiger charge is -2.32. The zero-order valence-electron chi connectivity index (χ0n) is 11.6. The van der Waals surface area contributed by atoms with Gasteiger partial charge in [-0.25, -0.2) is 0 Å². The highest BCUT2D eigenvalue weighted by Crippen LogP contribution is 2.21. The van der Waals surface area contributed by atoms with Crippen molar-refractivity contribution < 1.29 is 9.84 Å². The minimum atomic E-state index is -0.561. The molecule has 2 heterocycles. The number of likely N-dealkylation sites (tertiary alicyclic amines) is 1. The molecule has 0 aromatic rings. The van der Waals surface area contributed by atoms with Crippen LogP contribution in [0.15, 0.2) is 0 Å². The third-order valence-corrected chi connectivity index (χ3v) is 4.34. The molecule has 2 atom stereocenters. The van der Waals surface area contributed by atoms with E-state index in [-0.39, 0.29) is 0 Å². The first-order chi connectivity index (χ1) is 8.75. The summed E-state index contributed by atoms with van der Waals surface area (Å²) in [6.45, 7) is 5.11. The van der Waals surface area contributed by atoms with Gasteiger partial charge < -0.3 is 20.1 Å². The van der Waals surface area contributed by atoms with Crippen molar-refractivity contribution in [1.82, 2.24) is 10.2 Å². The van der Waals surface area contributed by atoms with E-state index >= 15 is 0 Å². The predicted molar refractivity (Wildman–Crippen MR) is 72.4 cm³/mol. The zero-order chi connectivity index (χ0) is 12.8. The average molecular weight is 256 g/mol. The van der Waals surface area contributed by atoms with Crippen LogP contribution in [0.5, 0.6) is 0 Å². The van der Waals surface area contributed by atoms with Gasteiger partial charge in [0.25, 0.3) is 0 Å². The predicted octanol–water partition coefficient (Wildman–Crippen LogP) is 1.05. The molecule has 2 N–H and O–H groups in total.